The van der Waals surface area contributed by atoms with E-state index in [0.29, 0.717) is 25.9 Å². The van der Waals surface area contributed by atoms with E-state index in [2.05, 4.69) is 16.0 Å². The number of nitrogens with one attached hydrogen (secondary N) is 3. The first-order valence-corrected chi connectivity index (χ1v) is 6.71. The standard InChI is InChI=1S/C14H18FN3O2/c1-2-16-13-10(4-3-5-11(13)15)14(20)18-9-6-7-12(19)17-8-9/h3-5,9,16H,2,6-8H2,1H3,(H,17,19)(H,18,20). The number of piperidine rings is 1. The Morgan fingerprint density at radius 3 is 2.95 bits per heavy atom. The first-order valence-electron chi connectivity index (χ1n) is 6.71. The van der Waals surface area contributed by atoms with E-state index >= 15 is 0 Å². The molecule has 1 aliphatic heterocycles. The summed E-state index contributed by atoms with van der Waals surface area (Å²) in [5.74, 6) is -0.785. The summed E-state index contributed by atoms with van der Waals surface area (Å²) in [4.78, 5) is 23.3. The molecular weight excluding hydrogens is 261 g/mol. The summed E-state index contributed by atoms with van der Waals surface area (Å²) in [6.45, 7) is 2.78. The van der Waals surface area contributed by atoms with Gasteiger partial charge in [-0.1, -0.05) is 6.07 Å². The van der Waals surface area contributed by atoms with Crippen molar-refractivity contribution in [2.24, 2.45) is 0 Å². The zero-order chi connectivity index (χ0) is 14.5. The fourth-order valence-corrected chi connectivity index (χ4v) is 2.19. The van der Waals surface area contributed by atoms with Gasteiger partial charge in [0, 0.05) is 25.6 Å². The van der Waals surface area contributed by atoms with Gasteiger partial charge < -0.3 is 16.0 Å². The largest absolute Gasteiger partial charge is 0.382 e. The number of anilines is 1. The minimum Gasteiger partial charge on any atom is -0.382 e. The van der Waals surface area contributed by atoms with Crippen LogP contribution in [0.4, 0.5) is 10.1 Å². The second kappa shape index (κ2) is 6.36. The highest BCUT2D eigenvalue weighted by Gasteiger charge is 2.22. The summed E-state index contributed by atoms with van der Waals surface area (Å²) in [7, 11) is 0. The predicted octanol–water partition coefficient (Wildman–Crippen LogP) is 1.27. The molecule has 0 saturated carbocycles. The Labute approximate surface area is 116 Å². The number of benzene rings is 1. The van der Waals surface area contributed by atoms with Gasteiger partial charge in [0.1, 0.15) is 5.82 Å². The van der Waals surface area contributed by atoms with Gasteiger partial charge in [-0.25, -0.2) is 4.39 Å². The molecule has 1 fully saturated rings. The number of para-hydroxylation sites is 1. The molecule has 0 aliphatic carbocycles. The van der Waals surface area contributed by atoms with Crippen molar-refractivity contribution in [3.63, 3.8) is 0 Å². The highest BCUT2D eigenvalue weighted by atomic mass is 19.1. The summed E-state index contributed by atoms with van der Waals surface area (Å²) in [5.41, 5.74) is 0.496. The smallest absolute Gasteiger partial charge is 0.253 e. The van der Waals surface area contributed by atoms with E-state index in [-0.39, 0.29) is 29.1 Å². The van der Waals surface area contributed by atoms with Crippen LogP contribution >= 0.6 is 0 Å². The third-order valence-electron chi connectivity index (χ3n) is 3.21. The topological polar surface area (TPSA) is 70.2 Å². The van der Waals surface area contributed by atoms with Gasteiger partial charge in [0.15, 0.2) is 0 Å². The van der Waals surface area contributed by atoms with Crippen molar-refractivity contribution < 1.29 is 14.0 Å². The lowest BCUT2D eigenvalue weighted by molar-refractivity contribution is -0.122. The Bertz CT molecular complexity index is 509. The second-order valence-electron chi connectivity index (χ2n) is 4.71. The van der Waals surface area contributed by atoms with Crippen LogP contribution in [0.25, 0.3) is 0 Å². The van der Waals surface area contributed by atoms with Gasteiger partial charge in [-0.2, -0.15) is 0 Å². The second-order valence-corrected chi connectivity index (χ2v) is 4.71. The van der Waals surface area contributed by atoms with Crippen molar-refractivity contribution in [3.8, 4) is 0 Å². The van der Waals surface area contributed by atoms with Crippen LogP contribution in [0, 0.1) is 5.82 Å². The number of halogens is 1. The lowest BCUT2D eigenvalue weighted by Gasteiger charge is -2.24. The minimum atomic E-state index is -0.448. The Kier molecular flexibility index (Phi) is 4.55. The first kappa shape index (κ1) is 14.3. The third-order valence-corrected chi connectivity index (χ3v) is 3.21. The quantitative estimate of drug-likeness (QED) is 0.777. The molecule has 1 atom stereocenters. The van der Waals surface area contributed by atoms with Crippen LogP contribution in [-0.2, 0) is 4.79 Å². The lowest BCUT2D eigenvalue weighted by atomic mass is 10.1. The van der Waals surface area contributed by atoms with Crippen LogP contribution in [0.1, 0.15) is 30.1 Å². The van der Waals surface area contributed by atoms with Crippen LogP contribution in [0.5, 0.6) is 0 Å². The van der Waals surface area contributed by atoms with Gasteiger partial charge in [0.05, 0.1) is 11.3 Å². The summed E-state index contributed by atoms with van der Waals surface area (Å²) in [5, 5.41) is 8.38. The molecular formula is C14H18FN3O2. The summed E-state index contributed by atoms with van der Waals surface area (Å²) in [6.07, 6.45) is 0.998. The fraction of sp³-hybridized carbons (Fsp3) is 0.429. The van der Waals surface area contributed by atoms with Gasteiger partial charge in [-0.15, -0.1) is 0 Å². The normalized spacial score (nSPS) is 18.3. The minimum absolute atomic E-state index is 0.00501. The van der Waals surface area contributed by atoms with E-state index in [1.54, 1.807) is 6.07 Å². The zero-order valence-electron chi connectivity index (χ0n) is 11.3. The molecule has 3 N–H and O–H groups in total. The maximum atomic E-state index is 13.7. The first-order chi connectivity index (χ1) is 9.61. The van der Waals surface area contributed by atoms with Crippen molar-refractivity contribution in [2.45, 2.75) is 25.8 Å². The summed E-state index contributed by atoms with van der Waals surface area (Å²) >= 11 is 0. The van der Waals surface area contributed by atoms with E-state index in [0.717, 1.165) is 0 Å². The van der Waals surface area contributed by atoms with E-state index in [9.17, 15) is 14.0 Å². The molecule has 2 rings (SSSR count). The molecule has 6 heteroatoms. The van der Waals surface area contributed by atoms with Crippen LogP contribution in [0.3, 0.4) is 0 Å². The van der Waals surface area contributed by atoms with E-state index in [1.165, 1.54) is 12.1 Å². The molecule has 1 aliphatic rings. The highest BCUT2D eigenvalue weighted by Crippen LogP contribution is 2.20. The molecule has 0 spiro atoms. The molecule has 1 heterocycles. The number of carbonyl (C=O) groups excluding carboxylic acids is 2. The predicted molar refractivity (Wildman–Crippen MR) is 74.1 cm³/mol. The van der Waals surface area contributed by atoms with Crippen molar-refractivity contribution in [2.75, 3.05) is 18.4 Å². The molecule has 1 aromatic carbocycles. The molecule has 108 valence electrons. The monoisotopic (exact) mass is 279 g/mol. The molecule has 1 aromatic rings. The van der Waals surface area contributed by atoms with Gasteiger partial charge in [-0.05, 0) is 25.5 Å². The Morgan fingerprint density at radius 2 is 2.30 bits per heavy atom. The average molecular weight is 279 g/mol. The number of carbonyl (C=O) groups is 2. The van der Waals surface area contributed by atoms with Gasteiger partial charge >= 0.3 is 0 Å². The van der Waals surface area contributed by atoms with Crippen LogP contribution in [0.2, 0.25) is 0 Å². The van der Waals surface area contributed by atoms with E-state index in [4.69, 9.17) is 0 Å². The van der Waals surface area contributed by atoms with Crippen molar-refractivity contribution >= 4 is 17.5 Å². The SMILES string of the molecule is CCNc1c(F)cccc1C(=O)NC1CCC(=O)NC1. The Morgan fingerprint density at radius 1 is 1.50 bits per heavy atom. The Balaban J connectivity index is 2.09. The van der Waals surface area contributed by atoms with Crippen LogP contribution in [0.15, 0.2) is 18.2 Å². The number of rotatable bonds is 4. The average Bonchev–Trinajstić information content (AvgIpc) is 2.43. The van der Waals surface area contributed by atoms with Crippen LogP contribution < -0.4 is 16.0 Å². The molecule has 20 heavy (non-hydrogen) atoms. The third kappa shape index (κ3) is 3.26. The van der Waals surface area contributed by atoms with E-state index < -0.39 is 5.82 Å². The highest BCUT2D eigenvalue weighted by molar-refractivity contribution is 6.00. The molecule has 2 amide bonds. The van der Waals surface area contributed by atoms with Crippen molar-refractivity contribution in [3.05, 3.63) is 29.6 Å². The number of hydrogen-bond donors (Lipinski definition) is 3. The zero-order valence-corrected chi connectivity index (χ0v) is 11.3. The fourth-order valence-electron chi connectivity index (χ4n) is 2.19. The number of hydrogen-bond acceptors (Lipinski definition) is 3. The van der Waals surface area contributed by atoms with Crippen molar-refractivity contribution in [1.29, 1.82) is 0 Å². The number of amides is 2. The molecule has 1 saturated heterocycles. The van der Waals surface area contributed by atoms with E-state index in [1.807, 2.05) is 6.92 Å². The molecule has 1 unspecified atom stereocenters. The molecule has 0 bridgehead atoms. The summed E-state index contributed by atoms with van der Waals surface area (Å²) in [6, 6.07) is 4.29. The molecule has 0 aromatic heterocycles. The van der Waals surface area contributed by atoms with Gasteiger partial charge in [0.25, 0.3) is 5.91 Å². The maximum absolute atomic E-state index is 13.7. The Hall–Kier alpha value is -2.11. The van der Waals surface area contributed by atoms with Gasteiger partial charge in [-0.3, -0.25) is 9.59 Å². The van der Waals surface area contributed by atoms with Gasteiger partial charge in [0.2, 0.25) is 5.91 Å². The maximum Gasteiger partial charge on any atom is 0.253 e. The van der Waals surface area contributed by atoms with Crippen molar-refractivity contribution in [1.82, 2.24) is 10.6 Å². The molecule has 5 nitrogen and oxygen atoms in total. The summed E-state index contributed by atoms with van der Waals surface area (Å²) < 4.78 is 13.7. The molecule has 0 radical (unpaired) electrons. The lowest BCUT2D eigenvalue weighted by Crippen LogP contribution is -2.47. The van der Waals surface area contributed by atoms with Crippen LogP contribution in [-0.4, -0.2) is 30.9 Å².